The maximum absolute atomic E-state index is 4.92. The standard InChI is InChI=1S/C33H22N2/c1-3-7-26-19(5-1)14-24-18-30-25(16-28(24)26)17-29-32-23(11-12-34-29)15-22-10-9-21-13-20-6-2-4-8-27(20)31(21)33(22)35(30)32/h1-12,16,18H,13-15,17H2. The van der Waals surface area contributed by atoms with E-state index in [1.165, 1.54) is 84.0 Å². The first-order valence-corrected chi connectivity index (χ1v) is 12.6. The summed E-state index contributed by atoms with van der Waals surface area (Å²) in [5, 5.41) is 0. The van der Waals surface area contributed by atoms with Crippen LogP contribution in [0.15, 0.2) is 85.1 Å². The molecule has 0 saturated heterocycles. The third-order valence-corrected chi connectivity index (χ3v) is 8.52. The number of pyridine rings is 1. The number of anilines is 3. The summed E-state index contributed by atoms with van der Waals surface area (Å²) >= 11 is 0. The fraction of sp³-hybridized carbons (Fsp3) is 0.121. The fourth-order valence-corrected chi connectivity index (χ4v) is 7.04. The van der Waals surface area contributed by atoms with E-state index in [0.29, 0.717) is 0 Å². The minimum atomic E-state index is 0.894. The molecule has 0 N–H and O–H groups in total. The van der Waals surface area contributed by atoms with Gasteiger partial charge in [-0.25, -0.2) is 0 Å². The highest BCUT2D eigenvalue weighted by molar-refractivity contribution is 5.99. The number of benzene rings is 4. The van der Waals surface area contributed by atoms with Crippen molar-refractivity contribution < 1.29 is 0 Å². The second-order valence-corrected chi connectivity index (χ2v) is 10.4. The molecule has 0 amide bonds. The number of rotatable bonds is 0. The molecule has 0 saturated carbocycles. The molecule has 2 heteroatoms. The second kappa shape index (κ2) is 6.28. The van der Waals surface area contributed by atoms with Crippen molar-refractivity contribution in [3.8, 4) is 22.3 Å². The number of nitrogens with zero attached hydrogens (tertiary/aromatic N) is 2. The molecule has 164 valence electrons. The molecule has 0 bridgehead atoms. The van der Waals surface area contributed by atoms with Gasteiger partial charge >= 0.3 is 0 Å². The van der Waals surface area contributed by atoms with Gasteiger partial charge in [0.2, 0.25) is 0 Å². The first kappa shape index (κ1) is 18.2. The molecular formula is C33H22N2. The Labute approximate surface area is 204 Å². The summed E-state index contributed by atoms with van der Waals surface area (Å²) in [6, 6.07) is 29.8. The molecule has 3 heterocycles. The predicted molar refractivity (Wildman–Crippen MR) is 141 cm³/mol. The van der Waals surface area contributed by atoms with Gasteiger partial charge in [0.1, 0.15) is 0 Å². The number of fused-ring (bicyclic) bond motifs is 11. The molecule has 5 aromatic rings. The van der Waals surface area contributed by atoms with E-state index < -0.39 is 0 Å². The lowest BCUT2D eigenvalue weighted by Gasteiger charge is -2.40. The van der Waals surface area contributed by atoms with Crippen molar-refractivity contribution >= 4 is 17.1 Å². The summed E-state index contributed by atoms with van der Waals surface area (Å²) < 4.78 is 0. The largest absolute Gasteiger partial charge is 0.307 e. The minimum Gasteiger partial charge on any atom is -0.307 e. The van der Waals surface area contributed by atoms with Crippen LogP contribution in [-0.4, -0.2) is 4.98 Å². The minimum absolute atomic E-state index is 0.894. The maximum Gasteiger partial charge on any atom is 0.0716 e. The molecule has 4 aromatic carbocycles. The van der Waals surface area contributed by atoms with Gasteiger partial charge in [-0.3, -0.25) is 4.98 Å². The Hall–Kier alpha value is -4.17. The van der Waals surface area contributed by atoms with Crippen molar-refractivity contribution in [2.24, 2.45) is 0 Å². The molecule has 2 aliphatic carbocycles. The molecule has 9 rings (SSSR count). The lowest BCUT2D eigenvalue weighted by Crippen LogP contribution is -2.26. The molecule has 2 nitrogen and oxygen atoms in total. The van der Waals surface area contributed by atoms with Gasteiger partial charge in [-0.05, 0) is 86.7 Å². The maximum atomic E-state index is 4.92. The Bertz CT molecular complexity index is 1760. The average molecular weight is 447 g/mol. The summed E-state index contributed by atoms with van der Waals surface area (Å²) in [5.74, 6) is 0. The molecular weight excluding hydrogens is 424 g/mol. The van der Waals surface area contributed by atoms with E-state index in [-0.39, 0.29) is 0 Å². The molecule has 35 heavy (non-hydrogen) atoms. The van der Waals surface area contributed by atoms with Crippen molar-refractivity contribution in [3.63, 3.8) is 0 Å². The summed E-state index contributed by atoms with van der Waals surface area (Å²) in [6.07, 6.45) is 5.91. The quantitative estimate of drug-likeness (QED) is 0.240. The summed E-state index contributed by atoms with van der Waals surface area (Å²) in [4.78, 5) is 7.50. The molecule has 0 unspecified atom stereocenters. The van der Waals surface area contributed by atoms with E-state index in [1.807, 2.05) is 6.20 Å². The highest BCUT2D eigenvalue weighted by atomic mass is 15.2. The van der Waals surface area contributed by atoms with Crippen LogP contribution in [0.1, 0.15) is 44.6 Å². The van der Waals surface area contributed by atoms with Gasteiger partial charge in [0.15, 0.2) is 0 Å². The Morgan fingerprint density at radius 3 is 2.14 bits per heavy atom. The van der Waals surface area contributed by atoms with Gasteiger partial charge in [-0.1, -0.05) is 60.7 Å². The van der Waals surface area contributed by atoms with Gasteiger partial charge in [0.05, 0.1) is 22.8 Å². The van der Waals surface area contributed by atoms with Crippen LogP contribution in [0.2, 0.25) is 0 Å². The van der Waals surface area contributed by atoms with Crippen LogP contribution in [0.25, 0.3) is 22.3 Å². The van der Waals surface area contributed by atoms with Crippen molar-refractivity contribution in [2.75, 3.05) is 4.90 Å². The molecule has 4 aliphatic rings. The van der Waals surface area contributed by atoms with Crippen molar-refractivity contribution in [1.29, 1.82) is 0 Å². The molecule has 0 atom stereocenters. The van der Waals surface area contributed by atoms with Crippen LogP contribution >= 0.6 is 0 Å². The van der Waals surface area contributed by atoms with Gasteiger partial charge in [0.25, 0.3) is 0 Å². The third kappa shape index (κ3) is 2.27. The van der Waals surface area contributed by atoms with E-state index in [9.17, 15) is 0 Å². The average Bonchev–Trinajstić information content (AvgIpc) is 3.45. The number of hydrogen-bond donors (Lipinski definition) is 0. The second-order valence-electron chi connectivity index (χ2n) is 10.4. The van der Waals surface area contributed by atoms with Crippen molar-refractivity contribution in [2.45, 2.75) is 25.7 Å². The monoisotopic (exact) mass is 446 g/mol. The van der Waals surface area contributed by atoms with Gasteiger partial charge < -0.3 is 4.90 Å². The van der Waals surface area contributed by atoms with Crippen LogP contribution in [0.4, 0.5) is 17.1 Å². The number of hydrogen-bond acceptors (Lipinski definition) is 2. The highest BCUT2D eigenvalue weighted by Gasteiger charge is 2.37. The van der Waals surface area contributed by atoms with Crippen LogP contribution in [0.5, 0.6) is 0 Å². The van der Waals surface area contributed by atoms with E-state index in [4.69, 9.17) is 4.98 Å². The third-order valence-electron chi connectivity index (χ3n) is 8.52. The highest BCUT2D eigenvalue weighted by Crippen LogP contribution is 2.56. The Morgan fingerprint density at radius 1 is 0.514 bits per heavy atom. The fourth-order valence-electron chi connectivity index (χ4n) is 7.04. The summed E-state index contributed by atoms with van der Waals surface area (Å²) in [6.45, 7) is 0. The van der Waals surface area contributed by atoms with Crippen LogP contribution in [0.3, 0.4) is 0 Å². The number of aromatic nitrogens is 1. The van der Waals surface area contributed by atoms with E-state index in [0.717, 1.165) is 25.7 Å². The molecule has 0 fully saturated rings. The Kier molecular flexibility index (Phi) is 3.27. The summed E-state index contributed by atoms with van der Waals surface area (Å²) in [5.41, 5.74) is 20.8. The molecule has 1 aromatic heterocycles. The normalized spacial score (nSPS) is 14.9. The zero-order valence-corrected chi connectivity index (χ0v) is 19.3. The van der Waals surface area contributed by atoms with E-state index in [2.05, 4.69) is 83.8 Å². The first-order chi connectivity index (χ1) is 17.3. The lowest BCUT2D eigenvalue weighted by atomic mass is 9.85. The van der Waals surface area contributed by atoms with E-state index >= 15 is 0 Å². The van der Waals surface area contributed by atoms with E-state index in [1.54, 1.807) is 0 Å². The smallest absolute Gasteiger partial charge is 0.0716 e. The predicted octanol–water partition coefficient (Wildman–Crippen LogP) is 7.50. The summed E-state index contributed by atoms with van der Waals surface area (Å²) in [7, 11) is 0. The van der Waals surface area contributed by atoms with Crippen molar-refractivity contribution in [3.05, 3.63) is 130 Å². The zero-order chi connectivity index (χ0) is 22.7. The van der Waals surface area contributed by atoms with Crippen LogP contribution in [0, 0.1) is 0 Å². The lowest BCUT2D eigenvalue weighted by molar-refractivity contribution is 0.959. The van der Waals surface area contributed by atoms with Gasteiger partial charge in [0, 0.05) is 24.6 Å². The van der Waals surface area contributed by atoms with Crippen LogP contribution in [-0.2, 0) is 25.7 Å². The Balaban J connectivity index is 1.35. The molecule has 0 radical (unpaired) electrons. The van der Waals surface area contributed by atoms with Gasteiger partial charge in [-0.15, -0.1) is 0 Å². The zero-order valence-electron chi connectivity index (χ0n) is 19.3. The topological polar surface area (TPSA) is 16.1 Å². The van der Waals surface area contributed by atoms with Crippen LogP contribution < -0.4 is 4.90 Å². The first-order valence-electron chi connectivity index (χ1n) is 12.6. The molecule has 2 aliphatic heterocycles. The molecule has 0 spiro atoms. The van der Waals surface area contributed by atoms with Crippen molar-refractivity contribution in [1.82, 2.24) is 4.98 Å². The SMILES string of the molecule is c1ccc2c(c1)Cc1cc3c(cc1-2)Cc1nccc2c1N3c1c(ccc3c1-c1ccccc1C3)C2. The van der Waals surface area contributed by atoms with Gasteiger partial charge in [-0.2, -0.15) is 0 Å². The Morgan fingerprint density at radius 2 is 1.23 bits per heavy atom.